The molecule has 0 bridgehead atoms. The van der Waals surface area contributed by atoms with Crippen LogP contribution in [-0.2, 0) is 0 Å². The Morgan fingerprint density at radius 1 is 0.733 bits per heavy atom. The highest BCUT2D eigenvalue weighted by Gasteiger charge is 2.29. The van der Waals surface area contributed by atoms with Gasteiger partial charge < -0.3 is 0 Å². The standard InChI is InChI=1S/C14H11N/c1-3-7-11(8-4-1)13-14(15-13)12-9-5-2-6-10-12/h1-10,13H. The average molecular weight is 193 g/mol. The van der Waals surface area contributed by atoms with Gasteiger partial charge in [0.2, 0.25) is 0 Å². The summed E-state index contributed by atoms with van der Waals surface area (Å²) in [5.41, 5.74) is 3.74. The minimum Gasteiger partial charge on any atom is -0.272 e. The van der Waals surface area contributed by atoms with Gasteiger partial charge >= 0.3 is 0 Å². The molecule has 1 heteroatoms. The van der Waals surface area contributed by atoms with Crippen molar-refractivity contribution in [2.45, 2.75) is 6.04 Å². The molecule has 0 saturated carbocycles. The molecule has 1 nitrogen and oxygen atoms in total. The fraction of sp³-hybridized carbons (Fsp3) is 0.0714. The molecule has 0 N–H and O–H groups in total. The van der Waals surface area contributed by atoms with Crippen LogP contribution in [0.25, 0.3) is 0 Å². The Morgan fingerprint density at radius 2 is 1.33 bits per heavy atom. The van der Waals surface area contributed by atoms with Crippen molar-refractivity contribution in [3.63, 3.8) is 0 Å². The highest BCUT2D eigenvalue weighted by molar-refractivity contribution is 6.13. The normalized spacial score (nSPS) is 18.4. The Balaban J connectivity index is 1.83. The molecule has 1 heterocycles. The van der Waals surface area contributed by atoms with Crippen molar-refractivity contribution in [3.8, 4) is 0 Å². The summed E-state index contributed by atoms with van der Waals surface area (Å²) in [6.07, 6.45) is 0. The SMILES string of the molecule is c1ccc(C2=NC2c2ccccc2)cc1. The molecule has 1 atom stereocenters. The molecule has 3 rings (SSSR count). The minimum atomic E-state index is 0.300. The maximum Gasteiger partial charge on any atom is 0.118 e. The van der Waals surface area contributed by atoms with Crippen LogP contribution in [-0.4, -0.2) is 5.71 Å². The van der Waals surface area contributed by atoms with Crippen LogP contribution in [0.4, 0.5) is 0 Å². The monoisotopic (exact) mass is 193 g/mol. The Kier molecular flexibility index (Phi) is 1.88. The van der Waals surface area contributed by atoms with E-state index >= 15 is 0 Å². The lowest BCUT2D eigenvalue weighted by molar-refractivity contribution is 1.13. The van der Waals surface area contributed by atoms with Crippen LogP contribution >= 0.6 is 0 Å². The second-order valence-electron chi connectivity index (χ2n) is 3.69. The van der Waals surface area contributed by atoms with Gasteiger partial charge in [-0.1, -0.05) is 60.7 Å². The molecule has 72 valence electrons. The van der Waals surface area contributed by atoms with E-state index in [2.05, 4.69) is 53.5 Å². The zero-order valence-electron chi connectivity index (χ0n) is 8.30. The summed E-state index contributed by atoms with van der Waals surface area (Å²) in [4.78, 5) is 4.51. The number of nitrogens with zero attached hydrogens (tertiary/aromatic N) is 1. The third kappa shape index (κ3) is 1.57. The van der Waals surface area contributed by atoms with Gasteiger partial charge in [0.1, 0.15) is 6.04 Å². The molecule has 0 aromatic heterocycles. The van der Waals surface area contributed by atoms with Crippen LogP contribution in [0, 0.1) is 0 Å². The number of rotatable bonds is 2. The fourth-order valence-corrected chi connectivity index (χ4v) is 1.81. The van der Waals surface area contributed by atoms with E-state index in [1.165, 1.54) is 16.8 Å². The van der Waals surface area contributed by atoms with Crippen molar-refractivity contribution < 1.29 is 0 Å². The van der Waals surface area contributed by atoms with Crippen LogP contribution in [0.1, 0.15) is 17.2 Å². The van der Waals surface area contributed by atoms with Crippen molar-refractivity contribution in [2.24, 2.45) is 4.99 Å². The summed E-state index contributed by atoms with van der Waals surface area (Å²) in [5, 5.41) is 0. The molecule has 0 radical (unpaired) electrons. The first-order valence-corrected chi connectivity index (χ1v) is 5.13. The molecule has 0 saturated heterocycles. The zero-order chi connectivity index (χ0) is 10.1. The van der Waals surface area contributed by atoms with E-state index in [0.29, 0.717) is 6.04 Å². The van der Waals surface area contributed by atoms with Crippen molar-refractivity contribution >= 4 is 5.71 Å². The Hall–Kier alpha value is -1.89. The van der Waals surface area contributed by atoms with Crippen molar-refractivity contribution in [3.05, 3.63) is 71.8 Å². The first kappa shape index (κ1) is 8.42. The van der Waals surface area contributed by atoms with Crippen LogP contribution < -0.4 is 0 Å². The third-order valence-corrected chi connectivity index (χ3v) is 2.64. The van der Waals surface area contributed by atoms with E-state index in [1.54, 1.807) is 0 Å². The number of hydrogen-bond donors (Lipinski definition) is 0. The highest BCUT2D eigenvalue weighted by atomic mass is 15.0. The maximum atomic E-state index is 4.51. The van der Waals surface area contributed by atoms with Gasteiger partial charge in [0.05, 0.1) is 5.71 Å². The van der Waals surface area contributed by atoms with Gasteiger partial charge in [-0.05, 0) is 11.1 Å². The zero-order valence-corrected chi connectivity index (χ0v) is 8.30. The van der Waals surface area contributed by atoms with E-state index in [-0.39, 0.29) is 0 Å². The summed E-state index contributed by atoms with van der Waals surface area (Å²) < 4.78 is 0. The van der Waals surface area contributed by atoms with Gasteiger partial charge in [-0.25, -0.2) is 0 Å². The molecule has 0 amide bonds. The molecule has 2 aromatic carbocycles. The summed E-state index contributed by atoms with van der Waals surface area (Å²) in [6.45, 7) is 0. The summed E-state index contributed by atoms with van der Waals surface area (Å²) >= 11 is 0. The van der Waals surface area contributed by atoms with Gasteiger partial charge in [0, 0.05) is 0 Å². The molecular weight excluding hydrogens is 182 g/mol. The molecule has 1 unspecified atom stereocenters. The maximum absolute atomic E-state index is 4.51. The first-order valence-electron chi connectivity index (χ1n) is 5.13. The fourth-order valence-electron chi connectivity index (χ4n) is 1.81. The predicted molar refractivity (Wildman–Crippen MR) is 62.2 cm³/mol. The summed E-state index contributed by atoms with van der Waals surface area (Å²) in [7, 11) is 0. The van der Waals surface area contributed by atoms with Crippen molar-refractivity contribution in [2.75, 3.05) is 0 Å². The molecular formula is C14H11N. The molecule has 1 aliphatic rings. The quantitative estimate of drug-likeness (QED) is 0.694. The first-order chi connectivity index (χ1) is 7.45. The van der Waals surface area contributed by atoms with E-state index < -0.39 is 0 Å². The molecule has 0 aliphatic carbocycles. The second-order valence-corrected chi connectivity index (χ2v) is 3.69. The third-order valence-electron chi connectivity index (χ3n) is 2.64. The Bertz CT molecular complexity index is 485. The van der Waals surface area contributed by atoms with Crippen LogP contribution in [0.2, 0.25) is 0 Å². The van der Waals surface area contributed by atoms with E-state index in [4.69, 9.17) is 0 Å². The Morgan fingerprint density at radius 3 is 2.00 bits per heavy atom. The van der Waals surface area contributed by atoms with E-state index in [9.17, 15) is 0 Å². The number of hydrogen-bond acceptors (Lipinski definition) is 1. The van der Waals surface area contributed by atoms with Crippen LogP contribution in [0.5, 0.6) is 0 Å². The predicted octanol–water partition coefficient (Wildman–Crippen LogP) is 3.23. The van der Waals surface area contributed by atoms with E-state index in [0.717, 1.165) is 0 Å². The van der Waals surface area contributed by atoms with Gasteiger partial charge in [0.25, 0.3) is 0 Å². The van der Waals surface area contributed by atoms with Crippen molar-refractivity contribution in [1.29, 1.82) is 0 Å². The highest BCUT2D eigenvalue weighted by Crippen LogP contribution is 2.34. The molecule has 15 heavy (non-hydrogen) atoms. The number of aliphatic imine (C=N–C) groups is 1. The topological polar surface area (TPSA) is 12.4 Å². The van der Waals surface area contributed by atoms with Crippen LogP contribution in [0.3, 0.4) is 0 Å². The lowest BCUT2D eigenvalue weighted by Crippen LogP contribution is -1.92. The summed E-state index contributed by atoms with van der Waals surface area (Å²) in [6, 6.07) is 21.1. The largest absolute Gasteiger partial charge is 0.272 e. The lowest BCUT2D eigenvalue weighted by atomic mass is 10.0. The van der Waals surface area contributed by atoms with Gasteiger partial charge in [-0.3, -0.25) is 4.99 Å². The van der Waals surface area contributed by atoms with Gasteiger partial charge in [-0.15, -0.1) is 0 Å². The smallest absolute Gasteiger partial charge is 0.118 e. The second kappa shape index (κ2) is 3.35. The molecule has 0 fully saturated rings. The lowest BCUT2D eigenvalue weighted by Gasteiger charge is -1.97. The average Bonchev–Trinajstić information content (AvgIpc) is 3.11. The summed E-state index contributed by atoms with van der Waals surface area (Å²) in [5.74, 6) is 0. The number of benzene rings is 2. The molecule has 0 spiro atoms. The van der Waals surface area contributed by atoms with Crippen LogP contribution in [0.15, 0.2) is 65.7 Å². The Labute approximate surface area is 89.1 Å². The molecule has 2 aromatic rings. The van der Waals surface area contributed by atoms with Gasteiger partial charge in [-0.2, -0.15) is 0 Å². The van der Waals surface area contributed by atoms with E-state index in [1.807, 2.05) is 12.1 Å². The minimum absolute atomic E-state index is 0.300. The van der Waals surface area contributed by atoms with Gasteiger partial charge in [0.15, 0.2) is 0 Å². The van der Waals surface area contributed by atoms with Crippen molar-refractivity contribution in [1.82, 2.24) is 0 Å². The molecule has 1 aliphatic heterocycles.